The number of benzene rings is 14. The van der Waals surface area contributed by atoms with E-state index in [2.05, 4.69) is 354 Å². The van der Waals surface area contributed by atoms with Crippen LogP contribution in [0.5, 0.6) is 0 Å². The number of fused-ring (bicyclic) bond motifs is 10. The van der Waals surface area contributed by atoms with E-state index in [0.717, 1.165) is 150 Å². The lowest BCUT2D eigenvalue weighted by molar-refractivity contribution is 0.570. The van der Waals surface area contributed by atoms with Crippen LogP contribution in [0.3, 0.4) is 0 Å². The molecule has 0 fully saturated rings. The quantitative estimate of drug-likeness (QED) is 0.134. The average Bonchev–Trinajstić information content (AvgIpc) is 1.03. The minimum atomic E-state index is -0.766. The van der Waals surface area contributed by atoms with Gasteiger partial charge in [-0.15, -0.1) is 0 Å². The number of rotatable bonds is 9. The standard InChI is InChI=1S/C112H111BN4/c1-106(2,3)75-49-44-71(45-50-75)83-38-30-40-85(74-34-29-35-77(62-74)108(7,8)9)104(83)116-99-63-73(70-32-23-22-24-33-70)48-58-93(99)113-94-59-56-81(114-95-42-27-25-36-87(95)88-37-26-28-43-96(88)114)67-100(94)117(102-69-82(68-101(116)103(102)113)115-97-60-54-78(109(10,11)12)64-90(97)91-65-79(110(13,14)15)55-61-98(91)115)105-84(72-46-51-76(52-47-72)107(4,5)6)39-31-41-89(105)86-57-53-80(111(16,17)18)66-92(86)112(19,20)21/h22-69H,1-21H3/i22D,23D,24D,25D,26D,27D,28D,32D,33D,36D,37D,42D,43D. The third-order valence-corrected chi connectivity index (χ3v) is 24.5. The van der Waals surface area contributed by atoms with Crippen molar-refractivity contribution in [2.45, 2.75) is 183 Å². The highest BCUT2D eigenvalue weighted by Crippen LogP contribution is 2.56. The minimum Gasteiger partial charge on any atom is -0.310 e. The van der Waals surface area contributed by atoms with Gasteiger partial charge in [0, 0.05) is 72.2 Å². The second-order valence-electron chi connectivity index (χ2n) is 39.7. The first-order valence-electron chi connectivity index (χ1n) is 47.8. The molecule has 0 spiro atoms. The van der Waals surface area contributed by atoms with Crippen LogP contribution < -0.4 is 26.2 Å². The summed E-state index contributed by atoms with van der Waals surface area (Å²) < 4.78 is 129. The SMILES string of the molecule is [2H]c1c([2H])c([2H])c(-c2ccc3c(c2)N(c2c(-c4ccc(C(C)(C)C)cc4)cccc2-c2cccc(C(C)(C)C)c2)c2cc(-n4c5ccc(C(C)(C)C)cc5c5cc(C(C)(C)C)ccc54)cc4c2B3c2ccc(-n3c5c([2H])c([2H])c([2H])c([2H])c5c5c([2H])c([2H])c([2H])c([2H])c53)cc2N4c2c(-c3ccc(C(C)(C)C)cc3)cccc2-c2ccc(C(C)(C)C)cc2C(C)(C)C)c([2H])c1[2H]. The van der Waals surface area contributed by atoms with Crippen molar-refractivity contribution in [1.82, 2.24) is 9.13 Å². The Balaban J connectivity index is 1.11. The molecule has 0 bridgehead atoms. The molecule has 0 saturated carbocycles. The van der Waals surface area contributed by atoms with Crippen LogP contribution in [0.4, 0.5) is 34.1 Å². The van der Waals surface area contributed by atoms with Gasteiger partial charge in [-0.05, 0) is 193 Å². The van der Waals surface area contributed by atoms with Crippen LogP contribution >= 0.6 is 0 Å². The molecule has 0 N–H and O–H groups in total. The van der Waals surface area contributed by atoms with Crippen molar-refractivity contribution in [2.75, 3.05) is 9.80 Å². The Morgan fingerprint density at radius 3 is 1.15 bits per heavy atom. The molecule has 0 amide bonds. The molecule has 4 heterocycles. The van der Waals surface area contributed by atoms with Crippen LogP contribution in [0.15, 0.2) is 291 Å². The minimum absolute atomic E-state index is 0.0273. The summed E-state index contributed by atoms with van der Waals surface area (Å²) in [5.74, 6) is 0. The summed E-state index contributed by atoms with van der Waals surface area (Å²) in [5, 5.41) is 2.01. The van der Waals surface area contributed by atoms with Gasteiger partial charge in [-0.1, -0.05) is 370 Å². The van der Waals surface area contributed by atoms with Gasteiger partial charge < -0.3 is 18.9 Å². The van der Waals surface area contributed by atoms with E-state index in [4.69, 9.17) is 1.37 Å². The van der Waals surface area contributed by atoms with Crippen LogP contribution in [0.1, 0.15) is 202 Å². The molecule has 5 heteroatoms. The Morgan fingerprint density at radius 2 is 0.641 bits per heavy atom. The van der Waals surface area contributed by atoms with Crippen LogP contribution in [0.2, 0.25) is 0 Å². The summed E-state index contributed by atoms with van der Waals surface area (Å²) in [7, 11) is 0. The first-order valence-corrected chi connectivity index (χ1v) is 41.3. The van der Waals surface area contributed by atoms with Gasteiger partial charge in [-0.2, -0.15) is 0 Å². The van der Waals surface area contributed by atoms with E-state index in [-0.39, 0.29) is 71.9 Å². The maximum Gasteiger partial charge on any atom is 0.252 e. The molecule has 117 heavy (non-hydrogen) atoms. The number of anilines is 6. The summed E-state index contributed by atoms with van der Waals surface area (Å²) >= 11 is 0. The fourth-order valence-electron chi connectivity index (χ4n) is 18.0. The molecule has 0 saturated heterocycles. The first-order chi connectivity index (χ1) is 60.9. The normalized spacial score (nSPS) is 15.0. The molecule has 2 aliphatic rings. The Labute approximate surface area is 713 Å². The molecule has 16 aromatic rings. The zero-order valence-corrected chi connectivity index (χ0v) is 71.6. The fraction of sp³-hybridized carbons (Fsp3) is 0.250. The van der Waals surface area contributed by atoms with E-state index in [0.29, 0.717) is 22.6 Å². The number of hydrogen-bond acceptors (Lipinski definition) is 2. The predicted molar refractivity (Wildman–Crippen MR) is 507 cm³/mol. The first kappa shape index (κ1) is 62.6. The summed E-state index contributed by atoms with van der Waals surface area (Å²) in [5.41, 5.74) is 23.5. The van der Waals surface area contributed by atoms with Crippen molar-refractivity contribution >= 4 is 101 Å². The Hall–Kier alpha value is -11.7. The number of para-hydroxylation sites is 4. The molecule has 0 radical (unpaired) electrons. The molecule has 0 aliphatic carbocycles. The summed E-state index contributed by atoms with van der Waals surface area (Å²) in [6.07, 6.45) is 0. The van der Waals surface area contributed by atoms with Gasteiger partial charge in [0.2, 0.25) is 0 Å². The summed E-state index contributed by atoms with van der Waals surface area (Å²) in [6.45, 7) is 46.4. The largest absolute Gasteiger partial charge is 0.310 e. The topological polar surface area (TPSA) is 16.3 Å². The molecule has 582 valence electrons. The highest BCUT2D eigenvalue weighted by Gasteiger charge is 2.47. The summed E-state index contributed by atoms with van der Waals surface area (Å²) in [6, 6.07) is 71.2. The maximum absolute atomic E-state index is 10.1. The lowest BCUT2D eigenvalue weighted by Gasteiger charge is -2.46. The van der Waals surface area contributed by atoms with Crippen molar-refractivity contribution in [2.24, 2.45) is 0 Å². The average molecular weight is 1540 g/mol. The highest BCUT2D eigenvalue weighted by molar-refractivity contribution is 7.00. The van der Waals surface area contributed by atoms with Gasteiger partial charge in [-0.25, -0.2) is 0 Å². The molecule has 2 aliphatic heterocycles. The van der Waals surface area contributed by atoms with Crippen molar-refractivity contribution in [3.63, 3.8) is 0 Å². The monoisotopic (exact) mass is 1540 g/mol. The van der Waals surface area contributed by atoms with Crippen molar-refractivity contribution < 1.29 is 17.8 Å². The molecule has 18 rings (SSSR count). The number of aromatic nitrogens is 2. The maximum atomic E-state index is 10.1. The Morgan fingerprint density at radius 1 is 0.248 bits per heavy atom. The molecule has 2 aromatic heterocycles. The zero-order chi connectivity index (χ0) is 93.4. The number of hydrogen-bond donors (Lipinski definition) is 0. The van der Waals surface area contributed by atoms with E-state index in [1.807, 2.05) is 18.2 Å². The molecular formula is C112H111BN4. The van der Waals surface area contributed by atoms with Gasteiger partial charge >= 0.3 is 0 Å². The number of nitrogens with zero attached hydrogens (tertiary/aromatic N) is 4. The zero-order valence-electron chi connectivity index (χ0n) is 84.6. The molecule has 4 nitrogen and oxygen atoms in total. The van der Waals surface area contributed by atoms with Crippen molar-refractivity contribution in [1.29, 1.82) is 0 Å². The Bertz CT molecular complexity index is 7310. The lowest BCUT2D eigenvalue weighted by Crippen LogP contribution is -2.61. The van der Waals surface area contributed by atoms with Gasteiger partial charge in [0.1, 0.15) is 0 Å². The van der Waals surface area contributed by atoms with E-state index in [1.54, 1.807) is 4.57 Å². The smallest absolute Gasteiger partial charge is 0.252 e. The van der Waals surface area contributed by atoms with Gasteiger partial charge in [-0.3, -0.25) is 0 Å². The van der Waals surface area contributed by atoms with E-state index >= 15 is 0 Å². The van der Waals surface area contributed by atoms with E-state index in [9.17, 15) is 16.4 Å². The van der Waals surface area contributed by atoms with Gasteiger partial charge in [0.15, 0.2) is 0 Å². The van der Waals surface area contributed by atoms with Gasteiger partial charge in [0.25, 0.3) is 6.71 Å². The van der Waals surface area contributed by atoms with E-state index in [1.165, 1.54) is 0 Å². The van der Waals surface area contributed by atoms with Crippen LogP contribution in [-0.4, -0.2) is 15.8 Å². The van der Waals surface area contributed by atoms with Gasteiger partial charge in [0.05, 0.1) is 56.9 Å². The molecule has 0 atom stereocenters. The van der Waals surface area contributed by atoms with Crippen molar-refractivity contribution in [3.05, 3.63) is 330 Å². The fourth-order valence-corrected chi connectivity index (χ4v) is 18.0. The molecule has 14 aromatic carbocycles. The molecular weight excluding hydrogens is 1410 g/mol. The third-order valence-electron chi connectivity index (χ3n) is 24.5. The lowest BCUT2D eigenvalue weighted by atomic mass is 9.33. The van der Waals surface area contributed by atoms with Crippen LogP contribution in [-0.2, 0) is 37.9 Å². The second kappa shape index (κ2) is 27.5. The predicted octanol–water partition coefficient (Wildman–Crippen LogP) is 29.4. The van der Waals surface area contributed by atoms with Crippen LogP contribution in [0, 0.1) is 0 Å². The van der Waals surface area contributed by atoms with Crippen molar-refractivity contribution in [3.8, 4) is 67.0 Å². The summed E-state index contributed by atoms with van der Waals surface area (Å²) in [4.78, 5) is 4.85. The highest BCUT2D eigenvalue weighted by atomic mass is 15.2. The Kier molecular flexibility index (Phi) is 14.7. The third kappa shape index (κ3) is 13.2. The van der Waals surface area contributed by atoms with E-state index < -0.39 is 78.6 Å². The molecule has 0 unspecified atom stereocenters. The van der Waals surface area contributed by atoms with Crippen LogP contribution in [0.25, 0.3) is 111 Å². The second-order valence-corrected chi connectivity index (χ2v) is 39.7.